The van der Waals surface area contributed by atoms with Crippen molar-refractivity contribution in [1.29, 1.82) is 0 Å². The molecule has 0 aliphatic heterocycles. The first-order valence-electron chi connectivity index (χ1n) is 6.23. The van der Waals surface area contributed by atoms with E-state index in [1.165, 1.54) is 0 Å². The zero-order chi connectivity index (χ0) is 14.5. The van der Waals surface area contributed by atoms with Gasteiger partial charge in [0.1, 0.15) is 5.82 Å². The normalized spacial score (nSPS) is 10.2. The molecule has 20 heavy (non-hydrogen) atoms. The van der Waals surface area contributed by atoms with Crippen molar-refractivity contribution >= 4 is 27.7 Å². The van der Waals surface area contributed by atoms with Crippen molar-refractivity contribution in [2.75, 3.05) is 19.0 Å². The second-order valence-electron chi connectivity index (χ2n) is 4.58. The summed E-state index contributed by atoms with van der Waals surface area (Å²) in [7, 11) is 3.87. The number of benzene rings is 1. The van der Waals surface area contributed by atoms with Crippen LogP contribution >= 0.6 is 15.9 Å². The van der Waals surface area contributed by atoms with Crippen LogP contribution in [-0.2, 0) is 6.54 Å². The van der Waals surface area contributed by atoms with Crippen LogP contribution in [-0.4, -0.2) is 25.0 Å². The number of anilines is 1. The Balaban J connectivity index is 2.04. The van der Waals surface area contributed by atoms with E-state index in [9.17, 15) is 4.79 Å². The number of hydrogen-bond acceptors (Lipinski definition) is 3. The second kappa shape index (κ2) is 6.52. The van der Waals surface area contributed by atoms with E-state index in [0.717, 1.165) is 15.9 Å². The molecular weight excluding hydrogens is 318 g/mol. The Labute approximate surface area is 127 Å². The fraction of sp³-hybridized carbons (Fsp3) is 0.200. The molecule has 1 aromatic carbocycles. The molecule has 5 heteroatoms. The quantitative estimate of drug-likeness (QED) is 0.935. The molecule has 1 aromatic heterocycles. The zero-order valence-corrected chi connectivity index (χ0v) is 13.0. The van der Waals surface area contributed by atoms with E-state index in [4.69, 9.17) is 0 Å². The number of halogens is 1. The van der Waals surface area contributed by atoms with Gasteiger partial charge in [-0.05, 0) is 45.8 Å². The van der Waals surface area contributed by atoms with Gasteiger partial charge in [0, 0.05) is 31.3 Å². The van der Waals surface area contributed by atoms with Crippen LogP contribution in [0.25, 0.3) is 0 Å². The van der Waals surface area contributed by atoms with Crippen LogP contribution in [0.1, 0.15) is 15.9 Å². The summed E-state index contributed by atoms with van der Waals surface area (Å²) in [5, 5.41) is 2.91. The third kappa shape index (κ3) is 3.57. The topological polar surface area (TPSA) is 45.2 Å². The van der Waals surface area contributed by atoms with Crippen molar-refractivity contribution in [3.05, 3.63) is 58.2 Å². The van der Waals surface area contributed by atoms with Gasteiger partial charge in [-0.25, -0.2) is 4.98 Å². The molecule has 0 saturated heterocycles. The molecule has 2 aromatic rings. The Hall–Kier alpha value is -1.88. The minimum Gasteiger partial charge on any atom is -0.363 e. The van der Waals surface area contributed by atoms with Crippen molar-refractivity contribution in [3.63, 3.8) is 0 Å². The Bertz CT molecular complexity index is 614. The summed E-state index contributed by atoms with van der Waals surface area (Å²) >= 11 is 3.38. The standard InChI is InChI=1S/C15H16BrN3O/c1-19(2)14-9-11(7-8-17-14)10-18-15(20)12-5-3-4-6-13(12)16/h3-9H,10H2,1-2H3,(H,18,20). The fourth-order valence-corrected chi connectivity index (χ4v) is 2.20. The van der Waals surface area contributed by atoms with Gasteiger partial charge in [0.05, 0.1) is 5.56 Å². The molecular formula is C15H16BrN3O. The lowest BCUT2D eigenvalue weighted by Gasteiger charge is -2.12. The number of aromatic nitrogens is 1. The molecule has 0 saturated carbocycles. The van der Waals surface area contributed by atoms with Crippen molar-refractivity contribution in [2.45, 2.75) is 6.54 Å². The predicted octanol–water partition coefficient (Wildman–Crippen LogP) is 2.84. The summed E-state index contributed by atoms with van der Waals surface area (Å²) in [6.07, 6.45) is 1.75. The monoisotopic (exact) mass is 333 g/mol. The van der Waals surface area contributed by atoms with Gasteiger partial charge in [-0.1, -0.05) is 12.1 Å². The molecule has 104 valence electrons. The largest absolute Gasteiger partial charge is 0.363 e. The highest BCUT2D eigenvalue weighted by atomic mass is 79.9. The van der Waals surface area contributed by atoms with Crippen LogP contribution in [0.2, 0.25) is 0 Å². The summed E-state index contributed by atoms with van der Waals surface area (Å²) < 4.78 is 0.793. The Morgan fingerprint density at radius 1 is 1.30 bits per heavy atom. The third-order valence-electron chi connectivity index (χ3n) is 2.84. The van der Waals surface area contributed by atoms with Gasteiger partial charge in [0.15, 0.2) is 0 Å². The average molecular weight is 334 g/mol. The van der Waals surface area contributed by atoms with Crippen LogP contribution in [0, 0.1) is 0 Å². The van der Waals surface area contributed by atoms with Crippen molar-refractivity contribution in [1.82, 2.24) is 10.3 Å². The maximum Gasteiger partial charge on any atom is 0.252 e. The van der Waals surface area contributed by atoms with Crippen LogP contribution in [0.3, 0.4) is 0 Å². The fourth-order valence-electron chi connectivity index (χ4n) is 1.74. The number of hydrogen-bond donors (Lipinski definition) is 1. The van der Waals surface area contributed by atoms with Crippen molar-refractivity contribution in [3.8, 4) is 0 Å². The van der Waals surface area contributed by atoms with E-state index in [0.29, 0.717) is 12.1 Å². The smallest absolute Gasteiger partial charge is 0.252 e. The number of amides is 1. The first-order valence-corrected chi connectivity index (χ1v) is 7.02. The average Bonchev–Trinajstić information content (AvgIpc) is 2.45. The van der Waals surface area contributed by atoms with Crippen molar-refractivity contribution < 1.29 is 4.79 Å². The van der Waals surface area contributed by atoms with Crippen LogP contribution in [0.4, 0.5) is 5.82 Å². The molecule has 0 radical (unpaired) electrons. The molecule has 0 atom stereocenters. The van der Waals surface area contributed by atoms with Gasteiger partial charge < -0.3 is 10.2 Å². The zero-order valence-electron chi connectivity index (χ0n) is 11.4. The summed E-state index contributed by atoms with van der Waals surface area (Å²) in [5.41, 5.74) is 1.65. The number of carbonyl (C=O) groups is 1. The minimum atomic E-state index is -0.0966. The van der Waals surface area contributed by atoms with Gasteiger partial charge in [-0.15, -0.1) is 0 Å². The number of rotatable bonds is 4. The molecule has 0 fully saturated rings. The number of nitrogens with one attached hydrogen (secondary N) is 1. The molecule has 1 N–H and O–H groups in total. The molecule has 0 unspecified atom stereocenters. The molecule has 2 rings (SSSR count). The van der Waals surface area contributed by atoms with E-state index in [-0.39, 0.29) is 5.91 Å². The summed E-state index contributed by atoms with van der Waals surface area (Å²) in [6.45, 7) is 0.476. The van der Waals surface area contributed by atoms with E-state index in [1.54, 1.807) is 12.3 Å². The highest BCUT2D eigenvalue weighted by Gasteiger charge is 2.08. The lowest BCUT2D eigenvalue weighted by molar-refractivity contribution is 0.0950. The van der Waals surface area contributed by atoms with Gasteiger partial charge in [0.25, 0.3) is 5.91 Å². The number of pyridine rings is 1. The first-order chi connectivity index (χ1) is 9.58. The van der Waals surface area contributed by atoms with Gasteiger partial charge >= 0.3 is 0 Å². The maximum absolute atomic E-state index is 12.1. The summed E-state index contributed by atoms with van der Waals surface area (Å²) in [6, 6.07) is 11.2. The summed E-state index contributed by atoms with van der Waals surface area (Å²) in [4.78, 5) is 18.3. The highest BCUT2D eigenvalue weighted by Crippen LogP contribution is 2.16. The SMILES string of the molecule is CN(C)c1cc(CNC(=O)c2ccccc2Br)ccn1. The number of nitrogens with zero attached hydrogens (tertiary/aromatic N) is 2. The molecule has 0 aliphatic rings. The lowest BCUT2D eigenvalue weighted by Crippen LogP contribution is -2.23. The molecule has 1 amide bonds. The molecule has 0 bridgehead atoms. The highest BCUT2D eigenvalue weighted by molar-refractivity contribution is 9.10. The molecule has 0 aliphatic carbocycles. The van der Waals surface area contributed by atoms with Crippen LogP contribution < -0.4 is 10.2 Å². The van der Waals surface area contributed by atoms with E-state index in [1.807, 2.05) is 49.3 Å². The van der Waals surface area contributed by atoms with Crippen LogP contribution in [0.5, 0.6) is 0 Å². The first kappa shape index (κ1) is 14.5. The third-order valence-corrected chi connectivity index (χ3v) is 3.53. The van der Waals surface area contributed by atoms with Gasteiger partial charge in [-0.3, -0.25) is 4.79 Å². The maximum atomic E-state index is 12.1. The molecule has 1 heterocycles. The Kier molecular flexibility index (Phi) is 4.74. The molecule has 4 nitrogen and oxygen atoms in total. The number of carbonyl (C=O) groups excluding carboxylic acids is 1. The van der Waals surface area contributed by atoms with Crippen LogP contribution in [0.15, 0.2) is 47.1 Å². The Morgan fingerprint density at radius 2 is 2.05 bits per heavy atom. The predicted molar refractivity (Wildman–Crippen MR) is 83.9 cm³/mol. The van der Waals surface area contributed by atoms with E-state index in [2.05, 4.69) is 26.2 Å². The Morgan fingerprint density at radius 3 is 2.75 bits per heavy atom. The minimum absolute atomic E-state index is 0.0966. The summed E-state index contributed by atoms with van der Waals surface area (Å²) in [5.74, 6) is 0.776. The lowest BCUT2D eigenvalue weighted by atomic mass is 10.2. The van der Waals surface area contributed by atoms with Gasteiger partial charge in [0.2, 0.25) is 0 Å². The van der Waals surface area contributed by atoms with E-state index >= 15 is 0 Å². The van der Waals surface area contributed by atoms with E-state index < -0.39 is 0 Å². The molecule has 0 spiro atoms. The van der Waals surface area contributed by atoms with Gasteiger partial charge in [-0.2, -0.15) is 0 Å². The second-order valence-corrected chi connectivity index (χ2v) is 5.43. The van der Waals surface area contributed by atoms with Crippen molar-refractivity contribution in [2.24, 2.45) is 0 Å².